The van der Waals surface area contributed by atoms with E-state index in [9.17, 15) is 8.78 Å². The summed E-state index contributed by atoms with van der Waals surface area (Å²) in [4.78, 5) is 0. The van der Waals surface area contributed by atoms with Crippen molar-refractivity contribution in [2.45, 2.75) is 109 Å². The molecule has 0 spiro atoms. The topological polar surface area (TPSA) is 18.5 Å². The molecular weight excluding hydrogens is 490 g/mol. The van der Waals surface area contributed by atoms with Gasteiger partial charge in [-0.1, -0.05) is 75.9 Å². The molecule has 0 radical (unpaired) electrons. The van der Waals surface area contributed by atoms with Crippen LogP contribution < -0.4 is 4.74 Å². The Morgan fingerprint density at radius 2 is 1.64 bits per heavy atom. The number of halogens is 2. The maximum Gasteiger partial charge on any atom is 0.201 e. The second kappa shape index (κ2) is 15.6. The van der Waals surface area contributed by atoms with Crippen molar-refractivity contribution in [1.82, 2.24) is 0 Å². The van der Waals surface area contributed by atoms with Crippen molar-refractivity contribution in [2.75, 3.05) is 13.2 Å². The summed E-state index contributed by atoms with van der Waals surface area (Å²) in [6, 6.07) is 11.0. The minimum absolute atomic E-state index is 0.0112. The Kier molecular flexibility index (Phi) is 11.9. The minimum atomic E-state index is -0.908. The van der Waals surface area contributed by atoms with E-state index >= 15 is 0 Å². The number of ether oxygens (including phenoxy) is 2. The van der Waals surface area contributed by atoms with Gasteiger partial charge in [0, 0.05) is 11.5 Å². The van der Waals surface area contributed by atoms with E-state index in [1.54, 1.807) is 6.07 Å². The lowest BCUT2D eigenvalue weighted by Gasteiger charge is -2.29. The van der Waals surface area contributed by atoms with Crippen LogP contribution in [0.15, 0.2) is 48.6 Å². The SMILES string of the molecule is CCCCCOc1ccc(-c2ccc(C3CCC(CC/C=C/C4CCC(CCC)CC4)OC3)cc2)c(F)c1F. The lowest BCUT2D eigenvalue weighted by molar-refractivity contribution is -0.000200. The van der Waals surface area contributed by atoms with Crippen molar-refractivity contribution in [1.29, 1.82) is 0 Å². The zero-order valence-electron chi connectivity index (χ0n) is 24.1. The van der Waals surface area contributed by atoms with E-state index in [0.29, 0.717) is 24.2 Å². The van der Waals surface area contributed by atoms with Crippen LogP contribution in [0.25, 0.3) is 11.1 Å². The van der Waals surface area contributed by atoms with E-state index in [1.165, 1.54) is 50.2 Å². The normalized spacial score (nSPS) is 23.8. The van der Waals surface area contributed by atoms with Gasteiger partial charge in [0.25, 0.3) is 0 Å². The lowest BCUT2D eigenvalue weighted by Crippen LogP contribution is -2.24. The number of benzene rings is 2. The van der Waals surface area contributed by atoms with Crippen LogP contribution in [0.2, 0.25) is 0 Å². The van der Waals surface area contributed by atoms with Gasteiger partial charge in [0.05, 0.1) is 19.3 Å². The van der Waals surface area contributed by atoms with E-state index < -0.39 is 11.6 Å². The van der Waals surface area contributed by atoms with Crippen LogP contribution in [0.1, 0.15) is 109 Å². The van der Waals surface area contributed by atoms with Crippen LogP contribution in [-0.4, -0.2) is 19.3 Å². The second-order valence-corrected chi connectivity index (χ2v) is 11.7. The third kappa shape index (κ3) is 8.64. The Hall–Kier alpha value is -2.20. The maximum atomic E-state index is 14.8. The Morgan fingerprint density at radius 1 is 0.846 bits per heavy atom. The molecule has 2 fully saturated rings. The van der Waals surface area contributed by atoms with Gasteiger partial charge < -0.3 is 9.47 Å². The Bertz CT molecular complexity index is 1020. The fourth-order valence-electron chi connectivity index (χ4n) is 6.28. The van der Waals surface area contributed by atoms with Crippen molar-refractivity contribution in [3.63, 3.8) is 0 Å². The average molecular weight is 539 g/mol. The van der Waals surface area contributed by atoms with Gasteiger partial charge in [0.15, 0.2) is 11.6 Å². The van der Waals surface area contributed by atoms with Crippen molar-refractivity contribution in [2.24, 2.45) is 11.8 Å². The van der Waals surface area contributed by atoms with E-state index in [2.05, 4.69) is 26.0 Å². The van der Waals surface area contributed by atoms with E-state index in [4.69, 9.17) is 9.47 Å². The first kappa shape index (κ1) is 29.8. The highest BCUT2D eigenvalue weighted by molar-refractivity contribution is 5.65. The van der Waals surface area contributed by atoms with Gasteiger partial charge in [-0.3, -0.25) is 0 Å². The molecule has 2 aromatic rings. The summed E-state index contributed by atoms with van der Waals surface area (Å²) >= 11 is 0. The molecule has 39 heavy (non-hydrogen) atoms. The summed E-state index contributed by atoms with van der Waals surface area (Å²) in [6.45, 7) is 5.52. The third-order valence-corrected chi connectivity index (χ3v) is 8.77. The number of rotatable bonds is 13. The Labute approximate surface area is 235 Å². The van der Waals surface area contributed by atoms with Gasteiger partial charge in [0.1, 0.15) is 0 Å². The Balaban J connectivity index is 1.21. The summed E-state index contributed by atoms with van der Waals surface area (Å²) in [5, 5.41) is 0. The molecule has 1 saturated heterocycles. The van der Waals surface area contributed by atoms with Gasteiger partial charge in [0.2, 0.25) is 5.82 Å². The highest BCUT2D eigenvalue weighted by atomic mass is 19.2. The maximum absolute atomic E-state index is 14.8. The zero-order chi connectivity index (χ0) is 27.5. The summed E-state index contributed by atoms with van der Waals surface area (Å²) in [5.74, 6) is 0.332. The smallest absolute Gasteiger partial charge is 0.201 e. The molecule has 1 saturated carbocycles. The number of hydrogen-bond acceptors (Lipinski definition) is 2. The quantitative estimate of drug-likeness (QED) is 0.186. The van der Waals surface area contributed by atoms with Gasteiger partial charge >= 0.3 is 0 Å². The van der Waals surface area contributed by atoms with Crippen molar-refractivity contribution in [3.05, 3.63) is 65.7 Å². The molecule has 0 N–H and O–H groups in total. The molecule has 0 bridgehead atoms. The molecule has 2 nitrogen and oxygen atoms in total. The lowest BCUT2D eigenvalue weighted by atomic mass is 9.80. The first-order valence-corrected chi connectivity index (χ1v) is 15.6. The van der Waals surface area contributed by atoms with E-state index in [0.717, 1.165) is 63.4 Å². The molecule has 1 aliphatic carbocycles. The summed E-state index contributed by atoms with van der Waals surface area (Å²) in [6.07, 6.45) is 20.7. The molecule has 4 heteroatoms. The Morgan fingerprint density at radius 3 is 2.33 bits per heavy atom. The zero-order valence-corrected chi connectivity index (χ0v) is 24.1. The van der Waals surface area contributed by atoms with Crippen LogP contribution >= 0.6 is 0 Å². The van der Waals surface area contributed by atoms with Crippen LogP contribution in [0, 0.1) is 23.5 Å². The van der Waals surface area contributed by atoms with Crippen molar-refractivity contribution >= 4 is 0 Å². The fraction of sp³-hybridized carbons (Fsp3) is 0.600. The van der Waals surface area contributed by atoms with Crippen LogP contribution in [0.3, 0.4) is 0 Å². The standard InChI is InChI=1S/C35H48F2O2/c1-3-5-8-24-38-33-23-22-32(34(36)35(33)37)29-18-16-28(17-19-29)30-20-21-31(39-25-30)11-7-6-10-27-14-12-26(9-4-2)13-15-27/h6,10,16-19,22-23,26-27,30-31H,3-5,7-9,11-15,20-21,24-25H2,1-2H3/b10-6+. The van der Waals surface area contributed by atoms with Gasteiger partial charge in [-0.15, -0.1) is 0 Å². The second-order valence-electron chi connectivity index (χ2n) is 11.7. The number of allylic oxidation sites excluding steroid dienone is 2. The monoisotopic (exact) mass is 538 g/mol. The summed E-state index contributed by atoms with van der Waals surface area (Å²) < 4.78 is 41.1. The van der Waals surface area contributed by atoms with E-state index in [-0.39, 0.29) is 11.3 Å². The van der Waals surface area contributed by atoms with E-state index in [1.807, 2.05) is 24.3 Å². The first-order valence-electron chi connectivity index (χ1n) is 15.6. The molecule has 4 rings (SSSR count). The minimum Gasteiger partial charge on any atom is -0.490 e. The van der Waals surface area contributed by atoms with Gasteiger partial charge in [-0.2, -0.15) is 4.39 Å². The fourth-order valence-corrected chi connectivity index (χ4v) is 6.28. The molecule has 214 valence electrons. The largest absolute Gasteiger partial charge is 0.490 e. The summed E-state index contributed by atoms with van der Waals surface area (Å²) in [5.41, 5.74) is 2.14. The van der Waals surface area contributed by atoms with Crippen LogP contribution in [0.4, 0.5) is 8.78 Å². The predicted molar refractivity (Wildman–Crippen MR) is 157 cm³/mol. The molecule has 2 aromatic carbocycles. The molecule has 2 aliphatic rings. The molecule has 1 heterocycles. The number of hydrogen-bond donors (Lipinski definition) is 0. The molecule has 2 unspecified atom stereocenters. The van der Waals surface area contributed by atoms with Crippen molar-refractivity contribution < 1.29 is 18.3 Å². The van der Waals surface area contributed by atoms with Crippen LogP contribution in [0.5, 0.6) is 5.75 Å². The van der Waals surface area contributed by atoms with Crippen molar-refractivity contribution in [3.8, 4) is 16.9 Å². The highest BCUT2D eigenvalue weighted by Crippen LogP contribution is 2.35. The summed E-state index contributed by atoms with van der Waals surface area (Å²) in [7, 11) is 0. The molecule has 1 aliphatic heterocycles. The number of unbranched alkanes of at least 4 members (excludes halogenated alkanes) is 2. The highest BCUT2D eigenvalue weighted by Gasteiger charge is 2.23. The predicted octanol–water partition coefficient (Wildman–Crippen LogP) is 10.4. The molecule has 0 aromatic heterocycles. The van der Waals surface area contributed by atoms with Gasteiger partial charge in [-0.25, -0.2) is 4.39 Å². The van der Waals surface area contributed by atoms with Crippen LogP contribution in [-0.2, 0) is 4.74 Å². The molecular formula is C35H48F2O2. The first-order chi connectivity index (χ1) is 19.1. The third-order valence-electron chi connectivity index (χ3n) is 8.77. The molecule has 2 atom stereocenters. The molecule has 0 amide bonds. The average Bonchev–Trinajstić information content (AvgIpc) is 2.97. The van der Waals surface area contributed by atoms with Gasteiger partial charge in [-0.05, 0) is 92.9 Å².